The molecule has 0 spiro atoms. The van der Waals surface area contributed by atoms with Crippen LogP contribution in [0.25, 0.3) is 0 Å². The lowest BCUT2D eigenvalue weighted by Crippen LogP contribution is -2.34. The lowest BCUT2D eigenvalue weighted by atomic mass is 10.2. The van der Waals surface area contributed by atoms with Gasteiger partial charge in [-0.1, -0.05) is 6.92 Å². The second kappa shape index (κ2) is 5.58. The first-order valence-corrected chi connectivity index (χ1v) is 5.35. The van der Waals surface area contributed by atoms with Crippen molar-refractivity contribution in [3.63, 3.8) is 0 Å². The van der Waals surface area contributed by atoms with Crippen molar-refractivity contribution < 1.29 is 4.74 Å². The van der Waals surface area contributed by atoms with E-state index in [9.17, 15) is 0 Å². The fourth-order valence-corrected chi connectivity index (χ4v) is 1.58. The van der Waals surface area contributed by atoms with Gasteiger partial charge in [0.15, 0.2) is 0 Å². The van der Waals surface area contributed by atoms with Crippen molar-refractivity contribution in [2.45, 2.75) is 51.4 Å². The first kappa shape index (κ1) is 11.0. The summed E-state index contributed by atoms with van der Waals surface area (Å²) >= 11 is 0. The molecular weight excluding hydrogens is 164 g/mol. The topological polar surface area (TPSA) is 47.3 Å². The average molecular weight is 186 g/mol. The highest BCUT2D eigenvalue weighted by atomic mass is 16.5. The molecule has 13 heavy (non-hydrogen) atoms. The monoisotopic (exact) mass is 186 g/mol. The van der Waals surface area contributed by atoms with Gasteiger partial charge >= 0.3 is 0 Å². The maximum absolute atomic E-state index is 5.72. The third-order valence-electron chi connectivity index (χ3n) is 2.76. The van der Waals surface area contributed by atoms with Crippen LogP contribution in [-0.4, -0.2) is 31.3 Å². The molecule has 0 aromatic rings. The summed E-state index contributed by atoms with van der Waals surface area (Å²) in [6.07, 6.45) is 4.16. The number of hydrogen-bond acceptors (Lipinski definition) is 3. The molecule has 78 valence electrons. The van der Waals surface area contributed by atoms with Gasteiger partial charge in [-0.05, 0) is 26.2 Å². The summed E-state index contributed by atoms with van der Waals surface area (Å²) < 4.78 is 5.72. The highest BCUT2D eigenvalue weighted by Gasteiger charge is 2.23. The molecule has 0 amide bonds. The third-order valence-corrected chi connectivity index (χ3v) is 2.76. The molecule has 0 aromatic heterocycles. The average Bonchev–Trinajstić information content (AvgIpc) is 2.61. The van der Waals surface area contributed by atoms with Gasteiger partial charge in [-0.3, -0.25) is 0 Å². The largest absolute Gasteiger partial charge is 0.372 e. The Labute approximate surface area is 81.0 Å². The van der Waals surface area contributed by atoms with E-state index in [4.69, 9.17) is 10.5 Å². The maximum Gasteiger partial charge on any atom is 0.0704 e. The van der Waals surface area contributed by atoms with Gasteiger partial charge in [0.2, 0.25) is 0 Å². The van der Waals surface area contributed by atoms with Crippen LogP contribution in [0.4, 0.5) is 0 Å². The predicted molar refractivity (Wildman–Crippen MR) is 54.7 cm³/mol. The SMILES string of the molecule is CCC(C)NCC1CCC(CN)O1. The van der Waals surface area contributed by atoms with E-state index in [1.54, 1.807) is 0 Å². The van der Waals surface area contributed by atoms with Crippen molar-refractivity contribution in [1.29, 1.82) is 0 Å². The molecule has 0 saturated carbocycles. The molecule has 3 heteroatoms. The summed E-state index contributed by atoms with van der Waals surface area (Å²) in [5.74, 6) is 0. The molecule has 1 heterocycles. The van der Waals surface area contributed by atoms with E-state index in [0.717, 1.165) is 19.4 Å². The Bertz CT molecular complexity index is 141. The van der Waals surface area contributed by atoms with E-state index in [-0.39, 0.29) is 0 Å². The Balaban J connectivity index is 2.10. The lowest BCUT2D eigenvalue weighted by Gasteiger charge is -2.16. The number of rotatable bonds is 5. The van der Waals surface area contributed by atoms with Crippen molar-refractivity contribution in [2.24, 2.45) is 5.73 Å². The van der Waals surface area contributed by atoms with Gasteiger partial charge in [-0.2, -0.15) is 0 Å². The van der Waals surface area contributed by atoms with Gasteiger partial charge in [0.1, 0.15) is 0 Å². The van der Waals surface area contributed by atoms with Crippen molar-refractivity contribution in [3.8, 4) is 0 Å². The van der Waals surface area contributed by atoms with Gasteiger partial charge in [-0.25, -0.2) is 0 Å². The van der Waals surface area contributed by atoms with Crippen molar-refractivity contribution in [3.05, 3.63) is 0 Å². The van der Waals surface area contributed by atoms with Crippen LogP contribution in [-0.2, 0) is 4.74 Å². The van der Waals surface area contributed by atoms with Crippen LogP contribution < -0.4 is 11.1 Å². The smallest absolute Gasteiger partial charge is 0.0704 e. The molecule has 1 rings (SSSR count). The molecule has 0 bridgehead atoms. The number of ether oxygens (including phenoxy) is 1. The molecule has 3 N–H and O–H groups in total. The van der Waals surface area contributed by atoms with E-state index in [1.165, 1.54) is 6.42 Å². The zero-order valence-corrected chi connectivity index (χ0v) is 8.75. The molecule has 0 aliphatic carbocycles. The molecule has 0 radical (unpaired) electrons. The lowest BCUT2D eigenvalue weighted by molar-refractivity contribution is 0.0491. The first-order chi connectivity index (χ1) is 6.26. The van der Waals surface area contributed by atoms with E-state index in [0.29, 0.717) is 24.8 Å². The second-order valence-corrected chi connectivity index (χ2v) is 3.91. The maximum atomic E-state index is 5.72. The molecular formula is C10H22N2O. The van der Waals surface area contributed by atoms with Crippen LogP contribution in [0.1, 0.15) is 33.1 Å². The minimum Gasteiger partial charge on any atom is -0.372 e. The van der Waals surface area contributed by atoms with Crippen LogP contribution in [0.5, 0.6) is 0 Å². The summed E-state index contributed by atoms with van der Waals surface area (Å²) in [4.78, 5) is 0. The Hall–Kier alpha value is -0.120. The van der Waals surface area contributed by atoms with E-state index < -0.39 is 0 Å². The summed E-state index contributed by atoms with van der Waals surface area (Å²) in [5, 5.41) is 3.45. The summed E-state index contributed by atoms with van der Waals surface area (Å²) in [6.45, 7) is 6.04. The zero-order chi connectivity index (χ0) is 9.68. The molecule has 1 aliphatic heterocycles. The molecule has 1 aliphatic rings. The van der Waals surface area contributed by atoms with Gasteiger partial charge in [0, 0.05) is 19.1 Å². The van der Waals surface area contributed by atoms with Crippen LogP contribution in [0.2, 0.25) is 0 Å². The molecule has 0 aromatic carbocycles. The third kappa shape index (κ3) is 3.63. The Morgan fingerprint density at radius 3 is 2.69 bits per heavy atom. The van der Waals surface area contributed by atoms with Crippen LogP contribution >= 0.6 is 0 Å². The molecule has 3 unspecified atom stereocenters. The standard InChI is InChI=1S/C10H22N2O/c1-3-8(2)12-7-10-5-4-9(6-11)13-10/h8-10,12H,3-7,11H2,1-2H3. The predicted octanol–water partition coefficient (Wildman–Crippen LogP) is 0.881. The number of nitrogens with one attached hydrogen (secondary N) is 1. The zero-order valence-electron chi connectivity index (χ0n) is 8.75. The fraction of sp³-hybridized carbons (Fsp3) is 1.00. The van der Waals surface area contributed by atoms with Gasteiger partial charge in [0.05, 0.1) is 12.2 Å². The summed E-state index contributed by atoms with van der Waals surface area (Å²) in [5.41, 5.74) is 5.53. The van der Waals surface area contributed by atoms with Crippen molar-refractivity contribution in [1.82, 2.24) is 5.32 Å². The van der Waals surface area contributed by atoms with E-state index in [2.05, 4.69) is 19.2 Å². The second-order valence-electron chi connectivity index (χ2n) is 3.91. The van der Waals surface area contributed by atoms with E-state index >= 15 is 0 Å². The molecule has 3 atom stereocenters. The fourth-order valence-electron chi connectivity index (χ4n) is 1.58. The van der Waals surface area contributed by atoms with E-state index in [1.807, 2.05) is 0 Å². The Morgan fingerprint density at radius 2 is 2.15 bits per heavy atom. The summed E-state index contributed by atoms with van der Waals surface area (Å²) in [7, 11) is 0. The summed E-state index contributed by atoms with van der Waals surface area (Å²) in [6, 6.07) is 0.598. The highest BCUT2D eigenvalue weighted by Crippen LogP contribution is 2.18. The quantitative estimate of drug-likeness (QED) is 0.670. The molecule has 1 fully saturated rings. The van der Waals surface area contributed by atoms with Gasteiger partial charge in [-0.15, -0.1) is 0 Å². The van der Waals surface area contributed by atoms with Crippen LogP contribution in [0.3, 0.4) is 0 Å². The highest BCUT2D eigenvalue weighted by molar-refractivity contribution is 4.76. The molecule has 3 nitrogen and oxygen atoms in total. The Kier molecular flexibility index (Phi) is 4.70. The minimum absolute atomic E-state index is 0.309. The number of nitrogens with two attached hydrogens (primary N) is 1. The number of hydrogen-bond donors (Lipinski definition) is 2. The van der Waals surface area contributed by atoms with Gasteiger partial charge in [0.25, 0.3) is 0 Å². The first-order valence-electron chi connectivity index (χ1n) is 5.35. The van der Waals surface area contributed by atoms with Crippen molar-refractivity contribution in [2.75, 3.05) is 13.1 Å². The van der Waals surface area contributed by atoms with Crippen LogP contribution in [0.15, 0.2) is 0 Å². The van der Waals surface area contributed by atoms with Gasteiger partial charge < -0.3 is 15.8 Å². The normalized spacial score (nSPS) is 30.7. The minimum atomic E-state index is 0.309. The van der Waals surface area contributed by atoms with Crippen LogP contribution in [0, 0.1) is 0 Å². The molecule has 1 saturated heterocycles. The van der Waals surface area contributed by atoms with Crippen molar-refractivity contribution >= 4 is 0 Å². The Morgan fingerprint density at radius 1 is 1.46 bits per heavy atom.